The van der Waals surface area contributed by atoms with Crippen LogP contribution in [0.15, 0.2) is 112 Å². The van der Waals surface area contributed by atoms with Crippen LogP contribution in [0.4, 0.5) is 5.82 Å². The topological polar surface area (TPSA) is 194 Å². The van der Waals surface area contributed by atoms with E-state index in [9.17, 15) is 18.3 Å². The van der Waals surface area contributed by atoms with Gasteiger partial charge in [0.25, 0.3) is 10.1 Å². The van der Waals surface area contributed by atoms with Crippen molar-refractivity contribution in [2.45, 2.75) is 31.3 Å². The van der Waals surface area contributed by atoms with Gasteiger partial charge in [-0.25, -0.2) is 19.4 Å². The van der Waals surface area contributed by atoms with E-state index >= 15 is 0 Å². The van der Waals surface area contributed by atoms with E-state index in [1.165, 1.54) is 30.2 Å². The van der Waals surface area contributed by atoms with E-state index in [-0.39, 0.29) is 16.5 Å². The van der Waals surface area contributed by atoms with E-state index in [4.69, 9.17) is 19.8 Å². The third kappa shape index (κ3) is 7.95. The van der Waals surface area contributed by atoms with Crippen molar-refractivity contribution in [2.24, 2.45) is 0 Å². The highest BCUT2D eigenvalue weighted by Crippen LogP contribution is 2.39. The van der Waals surface area contributed by atoms with Crippen molar-refractivity contribution in [3.05, 3.63) is 125 Å². The summed E-state index contributed by atoms with van der Waals surface area (Å²) in [6.07, 6.45) is 4.32. The number of pyridine rings is 1. The highest BCUT2D eigenvalue weighted by atomic mass is 32.2. The summed E-state index contributed by atoms with van der Waals surface area (Å²) in [5.41, 5.74) is 11.3. The Hall–Kier alpha value is -6.00. The zero-order valence-electron chi connectivity index (χ0n) is 30.5. The maximum absolute atomic E-state index is 13.4. The molecule has 4 aromatic heterocycles. The van der Waals surface area contributed by atoms with Crippen molar-refractivity contribution in [1.82, 2.24) is 34.5 Å². The van der Waals surface area contributed by atoms with Gasteiger partial charge in [0, 0.05) is 55.4 Å². The van der Waals surface area contributed by atoms with E-state index in [0.29, 0.717) is 33.4 Å². The van der Waals surface area contributed by atoms with Gasteiger partial charge in [0.15, 0.2) is 5.65 Å². The first-order valence-electron chi connectivity index (χ1n) is 17.6. The number of aromatic hydroxyl groups is 1. The minimum Gasteiger partial charge on any atom is -0.506 e. The van der Waals surface area contributed by atoms with Crippen molar-refractivity contribution in [2.75, 3.05) is 39.0 Å². The summed E-state index contributed by atoms with van der Waals surface area (Å²) in [4.78, 5) is 30.9. The number of nitrogen functional groups attached to an aromatic ring is 1. The molecule has 1 aliphatic heterocycles. The summed E-state index contributed by atoms with van der Waals surface area (Å²) in [6.45, 7) is 8.71. The minimum absolute atomic E-state index is 0.00654. The molecule has 0 radical (unpaired) electrons. The Morgan fingerprint density at radius 3 is 2.35 bits per heavy atom. The largest absolute Gasteiger partial charge is 0.506 e. The molecule has 3 aromatic carbocycles. The van der Waals surface area contributed by atoms with Crippen LogP contribution in [-0.2, 0) is 16.7 Å². The molecule has 282 valence electrons. The number of rotatable bonds is 7. The van der Waals surface area contributed by atoms with E-state index in [1.54, 1.807) is 35.1 Å². The molecular formula is C40H40N8O6S. The number of nitrogens with zero attached hydrogens (tertiary/aromatic N) is 7. The number of nitrogens with two attached hydrogens (primary N) is 1. The van der Waals surface area contributed by atoms with Crippen LogP contribution in [0.2, 0.25) is 0 Å². The van der Waals surface area contributed by atoms with Gasteiger partial charge in [0.05, 0.1) is 21.9 Å². The lowest BCUT2D eigenvalue weighted by Crippen LogP contribution is -2.43. The average Bonchev–Trinajstić information content (AvgIpc) is 3.57. The first-order valence-corrected chi connectivity index (χ1v) is 19.0. The molecule has 1 fully saturated rings. The number of aromatic nitrogens is 5. The van der Waals surface area contributed by atoms with Crippen LogP contribution < -0.4 is 11.4 Å². The number of benzene rings is 3. The Morgan fingerprint density at radius 2 is 1.64 bits per heavy atom. The summed E-state index contributed by atoms with van der Waals surface area (Å²) in [7, 11) is -1.87. The molecule has 15 heteroatoms. The fourth-order valence-electron chi connectivity index (χ4n) is 6.75. The molecule has 14 nitrogen and oxygen atoms in total. The second-order valence-electron chi connectivity index (χ2n) is 13.6. The molecule has 0 saturated carbocycles. The van der Waals surface area contributed by atoms with E-state index in [1.807, 2.05) is 32.0 Å². The van der Waals surface area contributed by atoms with Crippen LogP contribution in [-0.4, -0.2) is 85.8 Å². The van der Waals surface area contributed by atoms with Crippen LogP contribution in [0.25, 0.3) is 44.2 Å². The first kappa shape index (κ1) is 37.3. The summed E-state index contributed by atoms with van der Waals surface area (Å²) in [6, 6.07) is 22.9. The SMILES string of the molecule is CC(c1oc(=O)c2ccccc2c1-c1cccc(CN2CCN(C)CC2)c1)n1nc(-c2cncc(O)c2)c2c(N)ncnc21.Cc1ccc(S(=O)(=O)O)cc1. The third-order valence-electron chi connectivity index (χ3n) is 9.66. The fourth-order valence-corrected chi connectivity index (χ4v) is 7.23. The summed E-state index contributed by atoms with van der Waals surface area (Å²) >= 11 is 0. The van der Waals surface area contributed by atoms with Gasteiger partial charge in [-0.2, -0.15) is 13.5 Å². The lowest BCUT2D eigenvalue weighted by Gasteiger charge is -2.32. The Labute approximate surface area is 317 Å². The molecule has 0 amide bonds. The molecular weight excluding hydrogens is 721 g/mol. The van der Waals surface area contributed by atoms with Crippen molar-refractivity contribution in [1.29, 1.82) is 0 Å². The van der Waals surface area contributed by atoms with Crippen LogP contribution >= 0.6 is 0 Å². The van der Waals surface area contributed by atoms with E-state index < -0.39 is 21.8 Å². The number of hydrogen-bond acceptors (Lipinski definition) is 12. The maximum atomic E-state index is 13.4. The molecule has 7 aromatic rings. The number of likely N-dealkylation sites (N-methyl/N-ethyl adjacent to an activating group) is 1. The second kappa shape index (κ2) is 15.4. The molecule has 5 heterocycles. The molecule has 1 aliphatic rings. The Morgan fingerprint density at radius 1 is 0.909 bits per heavy atom. The first-order chi connectivity index (χ1) is 26.4. The monoisotopic (exact) mass is 760 g/mol. The molecule has 4 N–H and O–H groups in total. The molecule has 0 aliphatic carbocycles. The van der Waals surface area contributed by atoms with Gasteiger partial charge in [-0.3, -0.25) is 14.4 Å². The van der Waals surface area contributed by atoms with E-state index in [0.717, 1.165) is 54.8 Å². The standard InChI is InChI=1S/C33H32N8O3.C7H8O3S/c1-20(41-32-28(31(34)36-19-37-32)29(38-41)23-15-24(42)17-35-16-23)30-27(25-8-3-4-9-26(25)33(43)44-30)22-7-5-6-21(14-22)18-40-12-10-39(2)11-13-40;1-6-2-4-7(5-3-6)11(8,9)10/h3-9,14-17,19-20,42H,10-13,18H2,1-2H3,(H2,34,36,37);2-5H,1H3,(H,8,9,10). The van der Waals surface area contributed by atoms with Crippen LogP contribution in [0.1, 0.15) is 29.9 Å². The predicted octanol–water partition coefficient (Wildman–Crippen LogP) is 5.55. The van der Waals surface area contributed by atoms with Gasteiger partial charge >= 0.3 is 5.63 Å². The van der Waals surface area contributed by atoms with Crippen molar-refractivity contribution in [3.63, 3.8) is 0 Å². The Balaban J connectivity index is 0.000000366. The number of aryl methyl sites for hydroxylation is 1. The highest BCUT2D eigenvalue weighted by molar-refractivity contribution is 7.85. The molecule has 0 bridgehead atoms. The lowest BCUT2D eigenvalue weighted by molar-refractivity contribution is 0.148. The number of fused-ring (bicyclic) bond motifs is 2. The summed E-state index contributed by atoms with van der Waals surface area (Å²) in [5, 5.41) is 16.8. The van der Waals surface area contributed by atoms with Crippen LogP contribution in [0.3, 0.4) is 0 Å². The number of hydrogen-bond donors (Lipinski definition) is 3. The number of piperazine rings is 1. The van der Waals surface area contributed by atoms with Crippen molar-refractivity contribution in [3.8, 4) is 28.1 Å². The summed E-state index contributed by atoms with van der Waals surface area (Å²) < 4.78 is 37.4. The normalized spacial score (nSPS) is 14.5. The zero-order valence-corrected chi connectivity index (χ0v) is 31.3. The summed E-state index contributed by atoms with van der Waals surface area (Å²) in [5.74, 6) is 0.684. The quantitative estimate of drug-likeness (QED) is 0.172. The van der Waals surface area contributed by atoms with Crippen LogP contribution in [0.5, 0.6) is 5.75 Å². The molecule has 0 spiro atoms. The lowest BCUT2D eigenvalue weighted by atomic mass is 9.94. The van der Waals surface area contributed by atoms with E-state index in [2.05, 4.69) is 56.1 Å². The zero-order chi connectivity index (χ0) is 38.9. The highest BCUT2D eigenvalue weighted by Gasteiger charge is 2.27. The average molecular weight is 761 g/mol. The van der Waals surface area contributed by atoms with Gasteiger partial charge in [-0.15, -0.1) is 0 Å². The maximum Gasteiger partial charge on any atom is 0.343 e. The van der Waals surface area contributed by atoms with Gasteiger partial charge in [-0.05, 0) is 62.4 Å². The molecule has 55 heavy (non-hydrogen) atoms. The Bertz CT molecular complexity index is 2670. The van der Waals surface area contributed by atoms with Gasteiger partial charge in [0.2, 0.25) is 0 Å². The predicted molar refractivity (Wildman–Crippen MR) is 210 cm³/mol. The van der Waals surface area contributed by atoms with Gasteiger partial charge in [-0.1, -0.05) is 54.1 Å². The smallest absolute Gasteiger partial charge is 0.343 e. The number of anilines is 1. The van der Waals surface area contributed by atoms with Crippen molar-refractivity contribution < 1.29 is 22.5 Å². The second-order valence-corrected chi connectivity index (χ2v) is 15.0. The molecule has 1 atom stereocenters. The molecule has 8 rings (SSSR count). The van der Waals surface area contributed by atoms with Crippen molar-refractivity contribution >= 4 is 37.7 Å². The minimum atomic E-state index is -4.02. The molecule has 1 saturated heterocycles. The Kier molecular flexibility index (Phi) is 10.4. The van der Waals surface area contributed by atoms with Gasteiger partial charge < -0.3 is 20.2 Å². The fraction of sp³-hybridized carbons (Fsp3) is 0.225. The third-order valence-corrected chi connectivity index (χ3v) is 10.5. The van der Waals surface area contributed by atoms with Crippen LogP contribution in [0, 0.1) is 6.92 Å². The van der Waals surface area contributed by atoms with Gasteiger partial charge in [0.1, 0.15) is 35.4 Å². The molecule has 1 unspecified atom stereocenters.